The van der Waals surface area contributed by atoms with Crippen LogP contribution in [0.25, 0.3) is 10.9 Å². The molecule has 2 aromatic rings. The van der Waals surface area contributed by atoms with E-state index >= 15 is 0 Å². The molecule has 1 atom stereocenters. The summed E-state index contributed by atoms with van der Waals surface area (Å²) in [5.74, 6) is 0.576. The molecule has 1 aliphatic heterocycles. The highest BCUT2D eigenvalue weighted by molar-refractivity contribution is 6.31. The van der Waals surface area contributed by atoms with Crippen molar-refractivity contribution in [1.82, 2.24) is 4.98 Å². The molecule has 1 aliphatic rings. The average Bonchev–Trinajstić information content (AvgIpc) is 2.99. The summed E-state index contributed by atoms with van der Waals surface area (Å²) in [5.41, 5.74) is 2.19. The summed E-state index contributed by atoms with van der Waals surface area (Å²) in [7, 11) is 1.70. The number of rotatable bonds is 6. The van der Waals surface area contributed by atoms with Crippen molar-refractivity contribution in [3.63, 3.8) is 0 Å². The molecule has 4 nitrogen and oxygen atoms in total. The lowest BCUT2D eigenvalue weighted by atomic mass is 10.1. The minimum Gasteiger partial charge on any atom is -0.382 e. The molecule has 5 heteroatoms. The Kier molecular flexibility index (Phi) is 5.13. The number of fused-ring (bicyclic) bond motifs is 1. The molecule has 22 heavy (non-hydrogen) atoms. The van der Waals surface area contributed by atoms with Gasteiger partial charge >= 0.3 is 0 Å². The standard InChI is InChI=1S/C17H21ClN2O2/c1-21-8-9-22-12-13-5-7-20(11-13)17-4-6-19-16-10-14(18)2-3-15(16)17/h2-4,6,10,13H,5,7-9,11-12H2,1H3. The highest BCUT2D eigenvalue weighted by atomic mass is 35.5. The van der Waals surface area contributed by atoms with E-state index in [1.807, 2.05) is 18.3 Å². The minimum atomic E-state index is 0.576. The molecular formula is C17H21ClN2O2. The Balaban J connectivity index is 1.68. The van der Waals surface area contributed by atoms with Crippen LogP contribution in [-0.4, -0.2) is 45.0 Å². The highest BCUT2D eigenvalue weighted by Crippen LogP contribution is 2.31. The molecule has 0 saturated carbocycles. The summed E-state index contributed by atoms with van der Waals surface area (Å²) in [5, 5.41) is 1.89. The number of hydrogen-bond donors (Lipinski definition) is 0. The first-order chi connectivity index (χ1) is 10.8. The number of aromatic nitrogens is 1. The van der Waals surface area contributed by atoms with Crippen molar-refractivity contribution in [1.29, 1.82) is 0 Å². The number of pyridine rings is 1. The van der Waals surface area contributed by atoms with Crippen LogP contribution >= 0.6 is 11.6 Å². The monoisotopic (exact) mass is 320 g/mol. The minimum absolute atomic E-state index is 0.576. The Hall–Kier alpha value is -1.36. The Morgan fingerprint density at radius 3 is 3.09 bits per heavy atom. The van der Waals surface area contributed by atoms with Crippen molar-refractivity contribution in [3.8, 4) is 0 Å². The summed E-state index contributed by atoms with van der Waals surface area (Å²) in [4.78, 5) is 6.83. The van der Waals surface area contributed by atoms with Gasteiger partial charge < -0.3 is 14.4 Å². The van der Waals surface area contributed by atoms with Crippen LogP contribution in [0.5, 0.6) is 0 Å². The number of halogens is 1. The summed E-state index contributed by atoms with van der Waals surface area (Å²) in [6.45, 7) is 4.21. The van der Waals surface area contributed by atoms with E-state index in [0.717, 1.165) is 42.0 Å². The van der Waals surface area contributed by atoms with Crippen LogP contribution in [0.1, 0.15) is 6.42 Å². The Bertz CT molecular complexity index is 635. The van der Waals surface area contributed by atoms with Gasteiger partial charge in [0.15, 0.2) is 0 Å². The number of hydrogen-bond acceptors (Lipinski definition) is 4. The van der Waals surface area contributed by atoms with Gasteiger partial charge in [0.05, 0.1) is 25.3 Å². The lowest BCUT2D eigenvalue weighted by Gasteiger charge is -2.20. The maximum absolute atomic E-state index is 6.06. The van der Waals surface area contributed by atoms with Crippen LogP contribution in [0.4, 0.5) is 5.69 Å². The zero-order chi connectivity index (χ0) is 15.4. The van der Waals surface area contributed by atoms with Gasteiger partial charge in [-0.05, 0) is 30.7 Å². The van der Waals surface area contributed by atoms with E-state index in [9.17, 15) is 0 Å². The number of anilines is 1. The predicted octanol–water partition coefficient (Wildman–Crippen LogP) is 3.38. The summed E-state index contributed by atoms with van der Waals surface area (Å²) < 4.78 is 10.7. The van der Waals surface area contributed by atoms with Crippen LogP contribution in [0, 0.1) is 5.92 Å². The van der Waals surface area contributed by atoms with Crippen molar-refractivity contribution in [2.75, 3.05) is 44.9 Å². The van der Waals surface area contributed by atoms with Gasteiger partial charge in [-0.2, -0.15) is 0 Å². The van der Waals surface area contributed by atoms with Gasteiger partial charge in [0, 0.05) is 48.4 Å². The van der Waals surface area contributed by atoms with Crippen molar-refractivity contribution < 1.29 is 9.47 Å². The Labute approximate surface area is 136 Å². The molecule has 0 radical (unpaired) electrons. The normalized spacial score (nSPS) is 18.3. The average molecular weight is 321 g/mol. The fourth-order valence-corrected chi connectivity index (χ4v) is 3.13. The Morgan fingerprint density at radius 1 is 1.32 bits per heavy atom. The maximum Gasteiger partial charge on any atom is 0.0737 e. The van der Waals surface area contributed by atoms with E-state index in [2.05, 4.69) is 22.0 Å². The van der Waals surface area contributed by atoms with Crippen molar-refractivity contribution in [2.24, 2.45) is 5.92 Å². The van der Waals surface area contributed by atoms with E-state index in [4.69, 9.17) is 21.1 Å². The molecule has 1 saturated heterocycles. The van der Waals surface area contributed by atoms with Crippen molar-refractivity contribution in [2.45, 2.75) is 6.42 Å². The van der Waals surface area contributed by atoms with Gasteiger partial charge in [0.25, 0.3) is 0 Å². The molecule has 0 amide bonds. The summed E-state index contributed by atoms with van der Waals surface area (Å²) >= 11 is 6.06. The van der Waals surface area contributed by atoms with Gasteiger partial charge in [-0.25, -0.2) is 0 Å². The van der Waals surface area contributed by atoms with E-state index in [-0.39, 0.29) is 0 Å². The smallest absolute Gasteiger partial charge is 0.0737 e. The van der Waals surface area contributed by atoms with Gasteiger partial charge in [-0.15, -0.1) is 0 Å². The first kappa shape index (κ1) is 15.5. The van der Waals surface area contributed by atoms with Crippen molar-refractivity contribution in [3.05, 3.63) is 35.5 Å². The van der Waals surface area contributed by atoms with Gasteiger partial charge in [0.1, 0.15) is 0 Å². The SMILES string of the molecule is COCCOCC1CCN(c2ccnc3cc(Cl)ccc23)C1. The lowest BCUT2D eigenvalue weighted by molar-refractivity contribution is 0.0549. The summed E-state index contributed by atoms with van der Waals surface area (Å²) in [6.07, 6.45) is 3.01. The molecule has 118 valence electrons. The molecule has 0 bridgehead atoms. The largest absolute Gasteiger partial charge is 0.382 e. The molecular weight excluding hydrogens is 300 g/mol. The van der Waals surface area contributed by atoms with Gasteiger partial charge in [0.2, 0.25) is 0 Å². The molecule has 1 aromatic heterocycles. The number of ether oxygens (including phenoxy) is 2. The second-order valence-electron chi connectivity index (χ2n) is 5.66. The van der Waals surface area contributed by atoms with Crippen LogP contribution in [0.2, 0.25) is 5.02 Å². The van der Waals surface area contributed by atoms with E-state index in [1.165, 1.54) is 5.69 Å². The number of benzene rings is 1. The molecule has 0 spiro atoms. The number of nitrogens with zero attached hydrogens (tertiary/aromatic N) is 2. The summed E-state index contributed by atoms with van der Waals surface area (Å²) in [6, 6.07) is 7.99. The zero-order valence-corrected chi connectivity index (χ0v) is 13.6. The second-order valence-corrected chi connectivity index (χ2v) is 6.10. The first-order valence-corrected chi connectivity index (χ1v) is 8.01. The number of methoxy groups -OCH3 is 1. The Morgan fingerprint density at radius 2 is 2.23 bits per heavy atom. The van der Waals surface area contributed by atoms with E-state index < -0.39 is 0 Å². The molecule has 0 aliphatic carbocycles. The third-order valence-electron chi connectivity index (χ3n) is 4.09. The lowest BCUT2D eigenvalue weighted by Crippen LogP contribution is -2.21. The van der Waals surface area contributed by atoms with E-state index in [1.54, 1.807) is 7.11 Å². The van der Waals surface area contributed by atoms with E-state index in [0.29, 0.717) is 19.1 Å². The highest BCUT2D eigenvalue weighted by Gasteiger charge is 2.24. The van der Waals surface area contributed by atoms with Crippen LogP contribution in [0.3, 0.4) is 0 Å². The third kappa shape index (κ3) is 3.51. The van der Waals surface area contributed by atoms with Crippen LogP contribution in [0.15, 0.2) is 30.5 Å². The fourth-order valence-electron chi connectivity index (χ4n) is 2.96. The quantitative estimate of drug-likeness (QED) is 0.764. The van der Waals surface area contributed by atoms with Crippen LogP contribution in [-0.2, 0) is 9.47 Å². The van der Waals surface area contributed by atoms with Gasteiger partial charge in [-0.3, -0.25) is 4.98 Å². The molecule has 1 aromatic carbocycles. The van der Waals surface area contributed by atoms with Crippen LogP contribution < -0.4 is 4.90 Å². The zero-order valence-electron chi connectivity index (χ0n) is 12.8. The van der Waals surface area contributed by atoms with Gasteiger partial charge in [-0.1, -0.05) is 11.6 Å². The predicted molar refractivity (Wildman–Crippen MR) is 89.8 cm³/mol. The topological polar surface area (TPSA) is 34.6 Å². The molecule has 0 N–H and O–H groups in total. The third-order valence-corrected chi connectivity index (χ3v) is 4.33. The second kappa shape index (κ2) is 7.27. The van der Waals surface area contributed by atoms with Crippen molar-refractivity contribution >= 4 is 28.2 Å². The molecule has 3 rings (SSSR count). The maximum atomic E-state index is 6.06. The first-order valence-electron chi connectivity index (χ1n) is 7.64. The molecule has 2 heterocycles. The molecule has 1 unspecified atom stereocenters. The fraction of sp³-hybridized carbons (Fsp3) is 0.471. The molecule has 1 fully saturated rings.